The summed E-state index contributed by atoms with van der Waals surface area (Å²) in [7, 11) is 0. The summed E-state index contributed by atoms with van der Waals surface area (Å²) in [4.78, 5) is 33.0. The predicted octanol–water partition coefficient (Wildman–Crippen LogP) is 1.98. The topological polar surface area (TPSA) is 98.0 Å². The lowest BCUT2D eigenvalue weighted by molar-refractivity contribution is -0.141. The van der Waals surface area contributed by atoms with Crippen LogP contribution in [0.15, 0.2) is 4.52 Å². The number of aromatic nitrogens is 2. The minimum absolute atomic E-state index is 0.0304. The second-order valence-corrected chi connectivity index (χ2v) is 8.90. The molecule has 4 rings (SSSR count). The number of carbonyl (C=O) groups excluding carboxylic acids is 2. The van der Waals surface area contributed by atoms with Gasteiger partial charge in [-0.2, -0.15) is 4.98 Å². The molecule has 1 aromatic heterocycles. The van der Waals surface area contributed by atoms with Gasteiger partial charge in [0.15, 0.2) is 5.82 Å². The number of nitrogens with zero attached hydrogens (tertiary/aromatic N) is 4. The molecule has 1 unspecified atom stereocenters. The molecule has 0 spiro atoms. The molecule has 0 aliphatic carbocycles. The number of likely N-dealkylation sites (tertiary alicyclic amines) is 2. The molecule has 0 radical (unpaired) electrons. The van der Waals surface area contributed by atoms with E-state index in [-0.39, 0.29) is 23.8 Å². The van der Waals surface area contributed by atoms with Gasteiger partial charge in [-0.3, -0.25) is 9.59 Å². The van der Waals surface area contributed by atoms with Crippen LogP contribution in [0.3, 0.4) is 0 Å². The van der Waals surface area contributed by atoms with Gasteiger partial charge in [-0.25, -0.2) is 0 Å². The van der Waals surface area contributed by atoms with Crippen molar-refractivity contribution in [1.82, 2.24) is 19.9 Å². The second-order valence-electron chi connectivity index (χ2n) is 8.90. The Balaban J connectivity index is 1.25. The van der Waals surface area contributed by atoms with E-state index >= 15 is 0 Å². The molecule has 0 saturated carbocycles. The van der Waals surface area contributed by atoms with E-state index in [1.807, 2.05) is 9.80 Å². The minimum atomic E-state index is -0.136. The Kier molecular flexibility index (Phi) is 7.55. The van der Waals surface area contributed by atoms with Crippen molar-refractivity contribution in [3.8, 4) is 0 Å². The second kappa shape index (κ2) is 10.5. The van der Waals surface area contributed by atoms with E-state index in [1.165, 1.54) is 0 Å². The van der Waals surface area contributed by atoms with Gasteiger partial charge in [-0.15, -0.1) is 0 Å². The highest BCUT2D eigenvalue weighted by Crippen LogP contribution is 2.34. The van der Waals surface area contributed by atoms with E-state index in [0.29, 0.717) is 43.8 Å². The van der Waals surface area contributed by atoms with Gasteiger partial charge in [0.25, 0.3) is 0 Å². The Morgan fingerprint density at radius 3 is 2.61 bits per heavy atom. The lowest BCUT2D eigenvalue weighted by Gasteiger charge is -2.33. The van der Waals surface area contributed by atoms with E-state index in [0.717, 1.165) is 64.9 Å². The summed E-state index contributed by atoms with van der Waals surface area (Å²) in [5, 5.41) is 4.11. The molecule has 0 N–H and O–H groups in total. The molecule has 31 heavy (non-hydrogen) atoms. The predicted molar refractivity (Wildman–Crippen MR) is 111 cm³/mol. The highest BCUT2D eigenvalue weighted by atomic mass is 16.5. The van der Waals surface area contributed by atoms with E-state index in [2.05, 4.69) is 10.1 Å². The minimum Gasteiger partial charge on any atom is -0.381 e. The molecule has 3 aliphatic heterocycles. The van der Waals surface area contributed by atoms with Crippen molar-refractivity contribution < 1.29 is 23.6 Å². The number of hydrogen-bond donors (Lipinski definition) is 0. The average molecular weight is 435 g/mol. The lowest BCUT2D eigenvalue weighted by atomic mass is 9.95. The Labute approximate surface area is 183 Å². The van der Waals surface area contributed by atoms with Gasteiger partial charge in [0, 0.05) is 58.7 Å². The number of rotatable bonds is 7. The van der Waals surface area contributed by atoms with Crippen LogP contribution >= 0.6 is 0 Å². The highest BCUT2D eigenvalue weighted by Gasteiger charge is 2.38. The standard InChI is InChI=1S/C22H34N4O5/c1-16(27)25-10-4-18(5-11-25)22(28)26-9-2-3-19(26)21-23-20(24-31-21)8-14-30-15-17-6-12-29-13-7-17/h17-19H,2-15H2,1H3. The number of piperidine rings is 1. The molecule has 3 fully saturated rings. The van der Waals surface area contributed by atoms with E-state index < -0.39 is 0 Å². The average Bonchev–Trinajstić information content (AvgIpc) is 3.46. The van der Waals surface area contributed by atoms with Crippen molar-refractivity contribution in [3.63, 3.8) is 0 Å². The first kappa shape index (κ1) is 22.2. The van der Waals surface area contributed by atoms with E-state index in [9.17, 15) is 9.59 Å². The molecule has 1 aromatic rings. The maximum absolute atomic E-state index is 13.1. The van der Waals surface area contributed by atoms with Crippen LogP contribution in [0.25, 0.3) is 0 Å². The number of hydrogen-bond acceptors (Lipinski definition) is 7. The SMILES string of the molecule is CC(=O)N1CCC(C(=O)N2CCCC2c2nc(CCOCC3CCOCC3)no2)CC1. The monoisotopic (exact) mass is 434 g/mol. The van der Waals surface area contributed by atoms with Gasteiger partial charge >= 0.3 is 0 Å². The summed E-state index contributed by atoms with van der Waals surface area (Å²) in [6.45, 7) is 6.60. The largest absolute Gasteiger partial charge is 0.381 e. The van der Waals surface area contributed by atoms with Crippen LogP contribution in [0.4, 0.5) is 0 Å². The number of ether oxygens (including phenoxy) is 2. The number of amides is 2. The van der Waals surface area contributed by atoms with Crippen molar-refractivity contribution >= 4 is 11.8 Å². The van der Waals surface area contributed by atoms with Crippen LogP contribution in [0.1, 0.15) is 63.2 Å². The normalized spacial score (nSPS) is 23.5. The first-order valence-electron chi connectivity index (χ1n) is 11.7. The van der Waals surface area contributed by atoms with Crippen LogP contribution in [-0.4, -0.2) is 77.8 Å². The molecule has 3 saturated heterocycles. The molecule has 1 atom stereocenters. The molecule has 2 amide bonds. The van der Waals surface area contributed by atoms with Gasteiger partial charge in [0.1, 0.15) is 6.04 Å². The third-order valence-corrected chi connectivity index (χ3v) is 6.76. The fourth-order valence-corrected chi connectivity index (χ4v) is 4.79. The summed E-state index contributed by atoms with van der Waals surface area (Å²) >= 11 is 0. The summed E-state index contributed by atoms with van der Waals surface area (Å²) in [6, 6.07) is -0.136. The van der Waals surface area contributed by atoms with Gasteiger partial charge in [-0.05, 0) is 44.4 Å². The number of carbonyl (C=O) groups is 2. The molecule has 172 valence electrons. The van der Waals surface area contributed by atoms with Crippen LogP contribution in [0, 0.1) is 11.8 Å². The Morgan fingerprint density at radius 2 is 1.87 bits per heavy atom. The zero-order valence-corrected chi connectivity index (χ0v) is 18.5. The maximum atomic E-state index is 13.1. The van der Waals surface area contributed by atoms with Crippen LogP contribution < -0.4 is 0 Å². The summed E-state index contributed by atoms with van der Waals surface area (Å²) in [6.07, 6.45) is 5.96. The molecule has 9 nitrogen and oxygen atoms in total. The Bertz CT molecular complexity index is 740. The van der Waals surface area contributed by atoms with Crippen LogP contribution in [-0.2, 0) is 25.5 Å². The van der Waals surface area contributed by atoms with Crippen molar-refractivity contribution in [2.45, 2.75) is 57.9 Å². The highest BCUT2D eigenvalue weighted by molar-refractivity contribution is 5.80. The molecule has 0 aromatic carbocycles. The van der Waals surface area contributed by atoms with Crippen molar-refractivity contribution in [2.24, 2.45) is 11.8 Å². The van der Waals surface area contributed by atoms with Crippen LogP contribution in [0.5, 0.6) is 0 Å². The lowest BCUT2D eigenvalue weighted by Crippen LogP contribution is -2.43. The molecular weight excluding hydrogens is 400 g/mol. The van der Waals surface area contributed by atoms with Crippen molar-refractivity contribution in [1.29, 1.82) is 0 Å². The summed E-state index contributed by atoms with van der Waals surface area (Å²) < 4.78 is 16.7. The molecule has 0 bridgehead atoms. The van der Waals surface area contributed by atoms with Crippen molar-refractivity contribution in [3.05, 3.63) is 11.7 Å². The Morgan fingerprint density at radius 1 is 1.10 bits per heavy atom. The summed E-state index contributed by atoms with van der Waals surface area (Å²) in [5.74, 6) is 1.96. The zero-order valence-electron chi connectivity index (χ0n) is 18.5. The maximum Gasteiger partial charge on any atom is 0.249 e. The smallest absolute Gasteiger partial charge is 0.249 e. The van der Waals surface area contributed by atoms with Crippen LogP contribution in [0.2, 0.25) is 0 Å². The van der Waals surface area contributed by atoms with Gasteiger partial charge in [0.05, 0.1) is 6.61 Å². The molecule has 9 heteroatoms. The first-order valence-corrected chi connectivity index (χ1v) is 11.7. The van der Waals surface area contributed by atoms with Gasteiger partial charge in [0.2, 0.25) is 17.7 Å². The molecule has 3 aliphatic rings. The van der Waals surface area contributed by atoms with Gasteiger partial charge in [-0.1, -0.05) is 5.16 Å². The third kappa shape index (κ3) is 5.63. The summed E-state index contributed by atoms with van der Waals surface area (Å²) in [5.41, 5.74) is 0. The molecule has 4 heterocycles. The Hall–Kier alpha value is -2.00. The zero-order chi connectivity index (χ0) is 21.6. The third-order valence-electron chi connectivity index (χ3n) is 6.76. The van der Waals surface area contributed by atoms with E-state index in [1.54, 1.807) is 6.92 Å². The fraction of sp³-hybridized carbons (Fsp3) is 0.818. The van der Waals surface area contributed by atoms with E-state index in [4.69, 9.17) is 14.0 Å². The van der Waals surface area contributed by atoms with Crippen molar-refractivity contribution in [2.75, 3.05) is 46.1 Å². The first-order chi connectivity index (χ1) is 15.1. The molecular formula is C22H34N4O5. The fourth-order valence-electron chi connectivity index (χ4n) is 4.79. The quantitative estimate of drug-likeness (QED) is 0.605. The van der Waals surface area contributed by atoms with Gasteiger partial charge < -0.3 is 23.8 Å².